The van der Waals surface area contributed by atoms with Crippen LogP contribution in [0.25, 0.3) is 5.52 Å². The van der Waals surface area contributed by atoms with E-state index in [9.17, 15) is 34.1 Å². The van der Waals surface area contributed by atoms with Gasteiger partial charge in [0.15, 0.2) is 11.4 Å². The number of hydrogen-bond donors (Lipinski definition) is 5. The Labute approximate surface area is 340 Å². The number of halogens is 1. The van der Waals surface area contributed by atoms with Gasteiger partial charge in [0.2, 0.25) is 5.91 Å². The van der Waals surface area contributed by atoms with Gasteiger partial charge in [0.1, 0.15) is 41.6 Å². The van der Waals surface area contributed by atoms with Crippen LogP contribution in [0.1, 0.15) is 133 Å². The molecule has 2 fully saturated rings. The molecule has 5 rings (SSSR count). The van der Waals surface area contributed by atoms with E-state index in [1.54, 1.807) is 19.1 Å². The van der Waals surface area contributed by atoms with Gasteiger partial charge in [0, 0.05) is 13.0 Å². The van der Waals surface area contributed by atoms with Gasteiger partial charge in [-0.25, -0.2) is 18.5 Å². The number of aromatic nitrogens is 3. The van der Waals surface area contributed by atoms with Gasteiger partial charge in [-0.15, -0.1) is 0 Å². The molecule has 15 nitrogen and oxygen atoms in total. The summed E-state index contributed by atoms with van der Waals surface area (Å²) in [6.07, 6.45) is 14.6. The van der Waals surface area contributed by atoms with Crippen LogP contribution < -0.4 is 11.1 Å². The molecule has 1 amide bonds. The van der Waals surface area contributed by atoms with Gasteiger partial charge in [0.05, 0.1) is 36.6 Å². The zero-order valence-corrected chi connectivity index (χ0v) is 34.6. The first-order valence-electron chi connectivity index (χ1n) is 20.7. The van der Waals surface area contributed by atoms with Crippen LogP contribution in [0, 0.1) is 17.1 Å². The largest absolute Gasteiger partial charge is 0.472 e. The molecule has 1 saturated carbocycles. The van der Waals surface area contributed by atoms with Gasteiger partial charge in [-0.2, -0.15) is 10.4 Å². The summed E-state index contributed by atoms with van der Waals surface area (Å²) in [7, 11) is -4.91. The molecule has 1 aliphatic heterocycles. The van der Waals surface area contributed by atoms with Gasteiger partial charge >= 0.3 is 7.82 Å². The molecule has 17 heteroatoms. The SMILES string of the molecule is CCCCCCCCCCCCCCCCCC(=O)NC[C@H](COP(=O)(O)OC1[C@H]2O[C@@](C)(c3ccc4c(N)ncnn34)[C@H](O)[C@@]12O)OCc1cc(F)cc(C#N)c1. The van der Waals surface area contributed by atoms with E-state index in [2.05, 4.69) is 22.3 Å². The molecule has 1 aliphatic carbocycles. The van der Waals surface area contributed by atoms with Crippen molar-refractivity contribution in [2.75, 3.05) is 18.9 Å². The number of ether oxygens (including phenoxy) is 2. The number of phosphoric acid groups is 1. The number of hydrogen-bond acceptors (Lipinski definition) is 12. The number of nitrogen functional groups attached to an aromatic ring is 1. The number of carbonyl (C=O) groups excluding carboxylic acids is 1. The summed E-state index contributed by atoms with van der Waals surface area (Å²) in [6.45, 7) is 2.95. The zero-order valence-electron chi connectivity index (χ0n) is 33.7. The summed E-state index contributed by atoms with van der Waals surface area (Å²) >= 11 is 0. The number of nitrogens with two attached hydrogens (primary N) is 1. The number of benzene rings is 1. The molecular formula is C41H60FN6O9P. The summed E-state index contributed by atoms with van der Waals surface area (Å²) in [6, 6.07) is 8.86. The van der Waals surface area contributed by atoms with Crippen molar-refractivity contribution in [2.24, 2.45) is 0 Å². The summed E-state index contributed by atoms with van der Waals surface area (Å²) in [5.74, 6) is -0.659. The smallest absolute Gasteiger partial charge is 0.386 e. The maximum atomic E-state index is 14.1. The van der Waals surface area contributed by atoms with Gasteiger partial charge in [-0.05, 0) is 49.2 Å². The Morgan fingerprint density at radius 2 is 1.71 bits per heavy atom. The number of nitrogens with zero attached hydrogens (tertiary/aromatic N) is 4. The molecule has 1 saturated heterocycles. The van der Waals surface area contributed by atoms with Crippen molar-refractivity contribution in [3.63, 3.8) is 0 Å². The lowest BCUT2D eigenvalue weighted by atomic mass is 9.91. The van der Waals surface area contributed by atoms with E-state index in [1.165, 1.54) is 93.6 Å². The third kappa shape index (κ3) is 11.8. The van der Waals surface area contributed by atoms with Crippen LogP contribution in [0.5, 0.6) is 0 Å². The van der Waals surface area contributed by atoms with Crippen molar-refractivity contribution in [1.82, 2.24) is 19.9 Å². The van der Waals surface area contributed by atoms with Crippen LogP contribution >= 0.6 is 7.82 Å². The van der Waals surface area contributed by atoms with E-state index in [0.717, 1.165) is 25.3 Å². The maximum Gasteiger partial charge on any atom is 0.472 e. The molecular weight excluding hydrogens is 770 g/mol. The van der Waals surface area contributed by atoms with Gasteiger partial charge < -0.3 is 35.6 Å². The molecule has 58 heavy (non-hydrogen) atoms. The Bertz CT molecular complexity index is 1900. The molecule has 2 aromatic heterocycles. The topological polar surface area (TPSA) is 224 Å². The second-order valence-electron chi connectivity index (χ2n) is 15.8. The van der Waals surface area contributed by atoms with Crippen molar-refractivity contribution >= 4 is 25.1 Å². The number of fused-ring (bicyclic) bond motifs is 2. The van der Waals surface area contributed by atoms with Crippen molar-refractivity contribution < 1.29 is 47.4 Å². The molecule has 3 heterocycles. The minimum atomic E-state index is -4.91. The van der Waals surface area contributed by atoms with E-state index in [4.69, 9.17) is 24.3 Å². The number of unbranched alkanes of at least 4 members (excludes halogenated alkanes) is 14. The average molecular weight is 831 g/mol. The van der Waals surface area contributed by atoms with Gasteiger partial charge in [0.25, 0.3) is 0 Å². The zero-order chi connectivity index (χ0) is 41.8. The van der Waals surface area contributed by atoms with E-state index >= 15 is 0 Å². The lowest BCUT2D eigenvalue weighted by molar-refractivity contribution is -0.127. The monoisotopic (exact) mass is 830 g/mol. The molecule has 3 aromatic rings. The molecule has 6 N–H and O–H groups in total. The van der Waals surface area contributed by atoms with Crippen LogP contribution in [0.4, 0.5) is 10.2 Å². The summed E-state index contributed by atoms with van der Waals surface area (Å²) < 4.78 is 51.1. The Balaban J connectivity index is 1.05. The van der Waals surface area contributed by atoms with E-state index in [0.29, 0.717) is 29.6 Å². The summed E-state index contributed by atoms with van der Waals surface area (Å²) in [4.78, 5) is 27.4. The van der Waals surface area contributed by atoms with Crippen molar-refractivity contribution in [1.29, 1.82) is 5.26 Å². The molecule has 0 radical (unpaired) electrons. The van der Waals surface area contributed by atoms with Crippen LogP contribution in [-0.4, -0.2) is 78.8 Å². The maximum absolute atomic E-state index is 14.1. The molecule has 2 unspecified atom stereocenters. The van der Waals surface area contributed by atoms with Gasteiger partial charge in [-0.1, -0.05) is 96.8 Å². The minimum absolute atomic E-state index is 0.0902. The Hall–Kier alpha value is -3.52. The highest BCUT2D eigenvalue weighted by Crippen LogP contribution is 2.63. The fourth-order valence-corrected chi connectivity index (χ4v) is 8.72. The number of amides is 1. The van der Waals surface area contributed by atoms with Crippen molar-refractivity contribution in [3.8, 4) is 6.07 Å². The highest BCUT2D eigenvalue weighted by Gasteiger charge is 2.82. The summed E-state index contributed by atoms with van der Waals surface area (Å²) in [5.41, 5.74) is 3.66. The van der Waals surface area contributed by atoms with E-state index in [1.807, 2.05) is 6.07 Å². The number of aliphatic hydroxyl groups is 2. The Kier molecular flexibility index (Phi) is 16.6. The van der Waals surface area contributed by atoms with Crippen LogP contribution in [0.3, 0.4) is 0 Å². The highest BCUT2D eigenvalue weighted by molar-refractivity contribution is 7.47. The third-order valence-corrected chi connectivity index (χ3v) is 12.1. The standard InChI is InChI=1S/C41H60FN6O9P/c1-3-4-5-6-7-8-9-10-11-12-13-14-15-16-17-18-35(49)45-25-32(54-26-30-21-29(24-43)22-31(42)23-30)27-55-58(52,53)57-37-36-41(37,51)39(50)40(2,56-36)34-20-19-33-38(44)46-28-47-48(33)34/h19-23,28,32,36-37,39,50-51H,3-18,25-27H2,1-2H3,(H,45,49)(H,52,53)(H2,44,46,47)/t32-,36-,37?,39+,40+,41+/m1/s1. The Morgan fingerprint density at radius 3 is 2.31 bits per heavy atom. The van der Waals surface area contributed by atoms with Crippen molar-refractivity contribution in [3.05, 3.63) is 59.3 Å². The predicted molar refractivity (Wildman–Crippen MR) is 213 cm³/mol. The normalized spacial score (nSPS) is 24.0. The number of anilines is 1. The average Bonchev–Trinajstić information content (AvgIpc) is 3.44. The van der Waals surface area contributed by atoms with E-state index < -0.39 is 55.9 Å². The fourth-order valence-electron chi connectivity index (χ4n) is 7.74. The van der Waals surface area contributed by atoms with Crippen LogP contribution in [0.2, 0.25) is 0 Å². The second kappa shape index (κ2) is 21.1. The lowest BCUT2D eigenvalue weighted by Gasteiger charge is -2.32. The van der Waals surface area contributed by atoms with Crippen LogP contribution in [-0.2, 0) is 40.1 Å². The molecule has 1 aromatic carbocycles. The number of carbonyl (C=O) groups is 1. The van der Waals surface area contributed by atoms with Crippen LogP contribution in [0.15, 0.2) is 36.7 Å². The Morgan fingerprint density at radius 1 is 1.07 bits per heavy atom. The molecule has 320 valence electrons. The minimum Gasteiger partial charge on any atom is -0.386 e. The quantitative estimate of drug-likeness (QED) is 0.0409. The fraction of sp³-hybridized carbons (Fsp3) is 0.659. The highest BCUT2D eigenvalue weighted by atomic mass is 31.2. The first-order valence-corrected chi connectivity index (χ1v) is 22.2. The lowest BCUT2D eigenvalue weighted by Crippen LogP contribution is -2.46. The number of rotatable bonds is 27. The molecule has 0 spiro atoms. The molecule has 0 bridgehead atoms. The summed E-state index contributed by atoms with van der Waals surface area (Å²) in [5, 5.41) is 38.8. The second-order valence-corrected chi connectivity index (χ2v) is 17.2. The number of phosphoric ester groups is 1. The molecule has 2 aliphatic rings. The number of nitriles is 1. The predicted octanol–water partition coefficient (Wildman–Crippen LogP) is 6.51. The third-order valence-electron chi connectivity index (χ3n) is 11.2. The first-order chi connectivity index (χ1) is 27.8. The number of nitrogens with one attached hydrogen (secondary N) is 1. The van der Waals surface area contributed by atoms with Crippen molar-refractivity contribution in [2.45, 2.75) is 159 Å². The van der Waals surface area contributed by atoms with Gasteiger partial charge in [-0.3, -0.25) is 13.8 Å². The first kappa shape index (κ1) is 45.6. The number of aliphatic hydroxyl groups excluding tert-OH is 1. The molecule has 7 atom stereocenters. The van der Waals surface area contributed by atoms with E-state index in [-0.39, 0.29) is 30.4 Å².